The van der Waals surface area contributed by atoms with Crippen LogP contribution in [0.2, 0.25) is 0 Å². The number of aryl methyl sites for hydroxylation is 2. The van der Waals surface area contributed by atoms with Crippen molar-refractivity contribution in [3.8, 4) is 17.2 Å². The van der Waals surface area contributed by atoms with E-state index in [4.69, 9.17) is 5.11 Å². The Labute approximate surface area is 203 Å². The van der Waals surface area contributed by atoms with Gasteiger partial charge in [-0.1, -0.05) is 39.0 Å². The van der Waals surface area contributed by atoms with Gasteiger partial charge in [-0.3, -0.25) is 4.79 Å². The van der Waals surface area contributed by atoms with Gasteiger partial charge in [-0.2, -0.15) is 10.4 Å². The summed E-state index contributed by atoms with van der Waals surface area (Å²) in [7, 11) is 0. The minimum atomic E-state index is -0.565. The van der Waals surface area contributed by atoms with E-state index in [1.807, 2.05) is 77.5 Å². The van der Waals surface area contributed by atoms with Crippen LogP contribution < -0.4 is 5.32 Å². The van der Waals surface area contributed by atoms with Crippen molar-refractivity contribution in [2.45, 2.75) is 79.2 Å². The van der Waals surface area contributed by atoms with Crippen LogP contribution in [0, 0.1) is 25.2 Å². The van der Waals surface area contributed by atoms with Crippen LogP contribution >= 0.6 is 0 Å². The molecule has 0 bridgehead atoms. The lowest BCUT2D eigenvalue weighted by Crippen LogP contribution is -2.26. The maximum absolute atomic E-state index is 12.6. The first-order valence-corrected chi connectivity index (χ1v) is 12.1. The highest BCUT2D eigenvalue weighted by Gasteiger charge is 2.25. The van der Waals surface area contributed by atoms with Crippen molar-refractivity contribution in [1.82, 2.24) is 14.9 Å². The van der Waals surface area contributed by atoms with Crippen LogP contribution in [0.3, 0.4) is 0 Å². The molecule has 1 aliphatic rings. The maximum atomic E-state index is 12.6. The van der Waals surface area contributed by atoms with Gasteiger partial charge in [-0.25, -0.2) is 4.52 Å². The zero-order chi connectivity index (χ0) is 25.5. The molecule has 2 heterocycles. The third-order valence-corrected chi connectivity index (χ3v) is 5.72. The third kappa shape index (κ3) is 6.24. The zero-order valence-corrected chi connectivity index (χ0v) is 21.6. The van der Waals surface area contributed by atoms with Gasteiger partial charge in [-0.05, 0) is 75.3 Å². The van der Waals surface area contributed by atoms with Gasteiger partial charge in [0.25, 0.3) is 5.91 Å². The van der Waals surface area contributed by atoms with Gasteiger partial charge in [0.05, 0.1) is 23.2 Å². The van der Waals surface area contributed by atoms with E-state index in [2.05, 4.69) is 28.6 Å². The number of nitriles is 1. The molecule has 1 aromatic carbocycles. The maximum Gasteiger partial charge on any atom is 0.252 e. The molecule has 1 amide bonds. The number of rotatable bonds is 5. The molecule has 0 aliphatic heterocycles. The standard InChI is InChI=1S/C23H24N4O.C3H8O.C2H6/c1-14-9-16(10-15(2)21(14)22(28)26-18-6-7-18)19-11-25-27-12-17(5-8-20(19)27)23(3,4)13-24;1-2-3-4;1-2/h5,8-12,18H,6-7H2,1-4H3,(H,26,28);4H,2-3H2,1H3;1-2H3. The smallest absolute Gasteiger partial charge is 0.252 e. The lowest BCUT2D eigenvalue weighted by atomic mass is 9.87. The highest BCUT2D eigenvalue weighted by atomic mass is 16.2. The molecule has 0 atom stereocenters. The quantitative estimate of drug-likeness (QED) is 0.507. The second-order valence-electron chi connectivity index (χ2n) is 9.00. The van der Waals surface area contributed by atoms with Gasteiger partial charge in [-0.15, -0.1) is 0 Å². The van der Waals surface area contributed by atoms with Crippen molar-refractivity contribution in [2.75, 3.05) is 6.61 Å². The van der Waals surface area contributed by atoms with E-state index in [-0.39, 0.29) is 5.91 Å². The normalized spacial score (nSPS) is 12.7. The Morgan fingerprint density at radius 2 is 1.82 bits per heavy atom. The molecule has 182 valence electrons. The molecule has 2 N–H and O–H groups in total. The van der Waals surface area contributed by atoms with Crippen LogP contribution in [0.5, 0.6) is 0 Å². The van der Waals surface area contributed by atoms with Crippen molar-refractivity contribution in [1.29, 1.82) is 5.26 Å². The highest BCUT2D eigenvalue weighted by Crippen LogP contribution is 2.31. The van der Waals surface area contributed by atoms with Crippen molar-refractivity contribution in [3.05, 3.63) is 58.9 Å². The molecular formula is C28H38N4O2. The lowest BCUT2D eigenvalue weighted by Gasteiger charge is -2.16. The first kappa shape index (κ1) is 27.1. The average Bonchev–Trinajstić information content (AvgIpc) is 3.54. The zero-order valence-electron chi connectivity index (χ0n) is 21.6. The Bertz CT molecular complexity index is 1140. The topological polar surface area (TPSA) is 90.4 Å². The fraction of sp³-hybridized carbons (Fsp3) is 0.464. The SMILES string of the molecule is CC.CCCO.Cc1cc(-c2cnn3cc(C(C)(C)C#N)ccc23)cc(C)c1C(=O)NC1CC1. The predicted molar refractivity (Wildman–Crippen MR) is 138 cm³/mol. The Kier molecular flexibility index (Phi) is 9.40. The van der Waals surface area contributed by atoms with Crippen molar-refractivity contribution in [2.24, 2.45) is 0 Å². The van der Waals surface area contributed by atoms with E-state index >= 15 is 0 Å². The number of pyridine rings is 1. The molecular weight excluding hydrogens is 424 g/mol. The minimum absolute atomic E-state index is 0.0206. The van der Waals surface area contributed by atoms with Gasteiger partial charge >= 0.3 is 0 Å². The summed E-state index contributed by atoms with van der Waals surface area (Å²) in [5.41, 5.74) is 6.10. The summed E-state index contributed by atoms with van der Waals surface area (Å²) in [4.78, 5) is 12.6. The lowest BCUT2D eigenvalue weighted by molar-refractivity contribution is 0.0950. The number of benzene rings is 1. The second kappa shape index (κ2) is 11.8. The molecule has 0 radical (unpaired) electrons. The molecule has 1 fully saturated rings. The summed E-state index contributed by atoms with van der Waals surface area (Å²) in [5.74, 6) is 0.0206. The van der Waals surface area contributed by atoms with E-state index in [1.165, 1.54) is 0 Å². The summed E-state index contributed by atoms with van der Waals surface area (Å²) in [6.45, 7) is 14.0. The van der Waals surface area contributed by atoms with Crippen LogP contribution in [0.15, 0.2) is 36.7 Å². The number of carbonyl (C=O) groups excluding carboxylic acids is 1. The van der Waals surface area contributed by atoms with Crippen LogP contribution in [0.1, 0.15) is 80.9 Å². The van der Waals surface area contributed by atoms with Crippen LogP contribution in [0.25, 0.3) is 16.6 Å². The van der Waals surface area contributed by atoms with Crippen LogP contribution in [-0.4, -0.2) is 33.3 Å². The van der Waals surface area contributed by atoms with E-state index < -0.39 is 5.41 Å². The number of fused-ring (bicyclic) bond motifs is 1. The van der Waals surface area contributed by atoms with Gasteiger partial charge < -0.3 is 10.4 Å². The van der Waals surface area contributed by atoms with Gasteiger partial charge in [0.15, 0.2) is 0 Å². The molecule has 3 aromatic rings. The Morgan fingerprint density at radius 1 is 1.24 bits per heavy atom. The van der Waals surface area contributed by atoms with Crippen molar-refractivity contribution in [3.63, 3.8) is 0 Å². The summed E-state index contributed by atoms with van der Waals surface area (Å²) in [6, 6.07) is 10.8. The number of carbonyl (C=O) groups is 1. The number of aliphatic hydroxyl groups excluding tert-OH is 1. The van der Waals surface area contributed by atoms with Crippen molar-refractivity contribution >= 4 is 11.4 Å². The second-order valence-corrected chi connectivity index (χ2v) is 9.00. The van der Waals surface area contributed by atoms with Crippen LogP contribution in [0.4, 0.5) is 0 Å². The number of aromatic nitrogens is 2. The number of hydrogen-bond donors (Lipinski definition) is 2. The molecule has 6 heteroatoms. The molecule has 0 spiro atoms. The first-order valence-electron chi connectivity index (χ1n) is 12.1. The minimum Gasteiger partial charge on any atom is -0.396 e. The number of amides is 1. The Balaban J connectivity index is 0.000000618. The van der Waals surface area contributed by atoms with E-state index in [9.17, 15) is 10.1 Å². The van der Waals surface area contributed by atoms with Gasteiger partial charge in [0, 0.05) is 30.0 Å². The fourth-order valence-electron chi connectivity index (χ4n) is 3.60. The Morgan fingerprint density at radius 3 is 2.32 bits per heavy atom. The predicted octanol–water partition coefficient (Wildman–Crippen LogP) is 5.73. The largest absolute Gasteiger partial charge is 0.396 e. The molecule has 4 rings (SSSR count). The third-order valence-electron chi connectivity index (χ3n) is 5.72. The monoisotopic (exact) mass is 462 g/mol. The van der Waals surface area contributed by atoms with Gasteiger partial charge in [0.1, 0.15) is 0 Å². The van der Waals surface area contributed by atoms with Gasteiger partial charge in [0.2, 0.25) is 0 Å². The number of nitrogens with one attached hydrogen (secondary N) is 1. The summed E-state index contributed by atoms with van der Waals surface area (Å²) >= 11 is 0. The summed E-state index contributed by atoms with van der Waals surface area (Å²) in [6.07, 6.45) is 6.79. The molecule has 0 saturated heterocycles. The number of aliphatic hydroxyl groups is 1. The average molecular weight is 463 g/mol. The molecule has 2 aromatic heterocycles. The number of hydrogen-bond acceptors (Lipinski definition) is 4. The van der Waals surface area contributed by atoms with Crippen LogP contribution in [-0.2, 0) is 5.41 Å². The Hall–Kier alpha value is -3.17. The van der Waals surface area contributed by atoms with E-state index in [0.717, 1.165) is 58.2 Å². The molecule has 0 unspecified atom stereocenters. The summed E-state index contributed by atoms with van der Waals surface area (Å²) in [5, 5.41) is 24.8. The molecule has 34 heavy (non-hydrogen) atoms. The molecule has 1 aliphatic carbocycles. The molecule has 6 nitrogen and oxygen atoms in total. The molecule has 1 saturated carbocycles. The number of nitrogens with zero attached hydrogens (tertiary/aromatic N) is 3. The van der Waals surface area contributed by atoms with E-state index in [1.54, 1.807) is 0 Å². The highest BCUT2D eigenvalue weighted by molar-refractivity contribution is 5.98. The fourth-order valence-corrected chi connectivity index (χ4v) is 3.60. The summed E-state index contributed by atoms with van der Waals surface area (Å²) < 4.78 is 1.82. The van der Waals surface area contributed by atoms with Crippen molar-refractivity contribution < 1.29 is 9.90 Å². The van der Waals surface area contributed by atoms with E-state index in [0.29, 0.717) is 12.6 Å². The first-order chi connectivity index (χ1) is 16.2.